The van der Waals surface area contributed by atoms with Gasteiger partial charge in [-0.25, -0.2) is 4.98 Å². The number of hydrogen-bond acceptors (Lipinski definition) is 2. The van der Waals surface area contributed by atoms with Gasteiger partial charge in [-0.3, -0.25) is 0 Å². The topological polar surface area (TPSA) is 52.5 Å². The van der Waals surface area contributed by atoms with Gasteiger partial charge in [-0.05, 0) is 19.3 Å². The van der Waals surface area contributed by atoms with Crippen LogP contribution in [0.4, 0.5) is 0 Å². The van der Waals surface area contributed by atoms with E-state index in [2.05, 4.69) is 16.0 Å². The van der Waals surface area contributed by atoms with Gasteiger partial charge in [-0.1, -0.05) is 6.42 Å². The summed E-state index contributed by atoms with van der Waals surface area (Å²) in [4.78, 5) is 6.98. The molecule has 3 heteroatoms. The van der Waals surface area contributed by atoms with Gasteiger partial charge in [0.2, 0.25) is 0 Å². The molecule has 1 aromatic rings. The van der Waals surface area contributed by atoms with Crippen LogP contribution in [0, 0.1) is 11.3 Å². The molecule has 0 aromatic carbocycles. The van der Waals surface area contributed by atoms with E-state index in [1.807, 2.05) is 6.20 Å². The van der Waals surface area contributed by atoms with Gasteiger partial charge in [-0.2, -0.15) is 5.26 Å². The fourth-order valence-corrected chi connectivity index (χ4v) is 1.12. The Morgan fingerprint density at radius 2 is 2.33 bits per heavy atom. The Bertz CT molecular complexity index is 233. The number of aromatic nitrogens is 2. The lowest BCUT2D eigenvalue weighted by Crippen LogP contribution is -1.84. The normalized spacial score (nSPS) is 9.58. The lowest BCUT2D eigenvalue weighted by Gasteiger charge is -1.95. The summed E-state index contributed by atoms with van der Waals surface area (Å²) in [5, 5.41) is 8.28. The number of H-pyrrole nitrogens is 1. The van der Waals surface area contributed by atoms with Crippen LogP contribution in [0.3, 0.4) is 0 Å². The van der Waals surface area contributed by atoms with Crippen LogP contribution in [0.2, 0.25) is 0 Å². The molecule has 1 heterocycles. The molecule has 1 aromatic heterocycles. The molecular formula is C9H13N3. The Hall–Kier alpha value is -1.30. The molecule has 0 saturated heterocycles. The molecule has 0 aliphatic rings. The molecule has 3 nitrogen and oxygen atoms in total. The molecule has 64 valence electrons. The van der Waals surface area contributed by atoms with Crippen molar-refractivity contribution in [3.05, 3.63) is 18.2 Å². The maximum atomic E-state index is 8.28. The van der Waals surface area contributed by atoms with Crippen molar-refractivity contribution >= 4 is 0 Å². The smallest absolute Gasteiger partial charge is 0.0921 e. The third-order valence-electron chi connectivity index (χ3n) is 1.79. The van der Waals surface area contributed by atoms with E-state index in [1.54, 1.807) is 6.33 Å². The van der Waals surface area contributed by atoms with E-state index >= 15 is 0 Å². The second-order valence-electron chi connectivity index (χ2n) is 2.80. The molecule has 0 unspecified atom stereocenters. The highest BCUT2D eigenvalue weighted by atomic mass is 14.9. The minimum atomic E-state index is 0.684. The number of rotatable bonds is 5. The van der Waals surface area contributed by atoms with Gasteiger partial charge >= 0.3 is 0 Å². The zero-order valence-electron chi connectivity index (χ0n) is 7.08. The summed E-state index contributed by atoms with van der Waals surface area (Å²) in [6.07, 6.45) is 8.57. The third kappa shape index (κ3) is 3.20. The molecule has 12 heavy (non-hydrogen) atoms. The van der Waals surface area contributed by atoms with Gasteiger partial charge in [0.1, 0.15) is 0 Å². The highest BCUT2D eigenvalue weighted by Gasteiger charge is 1.93. The first-order valence-corrected chi connectivity index (χ1v) is 4.27. The maximum Gasteiger partial charge on any atom is 0.0921 e. The lowest BCUT2D eigenvalue weighted by atomic mass is 10.1. The maximum absolute atomic E-state index is 8.28. The second-order valence-corrected chi connectivity index (χ2v) is 2.80. The fraction of sp³-hybridized carbons (Fsp3) is 0.556. The van der Waals surface area contributed by atoms with Gasteiger partial charge in [0.15, 0.2) is 0 Å². The minimum absolute atomic E-state index is 0.684. The van der Waals surface area contributed by atoms with Gasteiger partial charge in [0, 0.05) is 18.3 Å². The molecule has 0 spiro atoms. The fourth-order valence-electron chi connectivity index (χ4n) is 1.12. The number of imidazole rings is 1. The van der Waals surface area contributed by atoms with Crippen LogP contribution in [0.15, 0.2) is 12.5 Å². The summed E-state index contributed by atoms with van der Waals surface area (Å²) in [5.74, 6) is 0. The molecule has 0 amide bonds. The van der Waals surface area contributed by atoms with Crippen LogP contribution < -0.4 is 0 Å². The van der Waals surface area contributed by atoms with Crippen molar-refractivity contribution in [1.82, 2.24) is 9.97 Å². The number of nitrogens with zero attached hydrogens (tertiary/aromatic N) is 2. The highest BCUT2D eigenvalue weighted by molar-refractivity contribution is 4.93. The van der Waals surface area contributed by atoms with Crippen LogP contribution in [0.1, 0.15) is 31.4 Å². The second kappa shape index (κ2) is 5.36. The van der Waals surface area contributed by atoms with Gasteiger partial charge in [0.25, 0.3) is 0 Å². The van der Waals surface area contributed by atoms with Crippen molar-refractivity contribution in [3.8, 4) is 6.07 Å². The predicted octanol–water partition coefficient (Wildman–Crippen LogP) is 2.04. The Morgan fingerprint density at radius 1 is 1.42 bits per heavy atom. The molecule has 0 aliphatic heterocycles. The highest BCUT2D eigenvalue weighted by Crippen LogP contribution is 2.03. The summed E-state index contributed by atoms with van der Waals surface area (Å²) < 4.78 is 0. The Balaban J connectivity index is 2.01. The number of unbranched alkanes of at least 4 members (excludes halogenated alkanes) is 3. The average Bonchev–Trinajstić information content (AvgIpc) is 2.57. The third-order valence-corrected chi connectivity index (χ3v) is 1.79. The summed E-state index contributed by atoms with van der Waals surface area (Å²) in [5.41, 5.74) is 1.19. The van der Waals surface area contributed by atoms with E-state index in [9.17, 15) is 0 Å². The molecule has 0 bridgehead atoms. The zero-order valence-corrected chi connectivity index (χ0v) is 7.08. The Kier molecular flexibility index (Phi) is 3.93. The van der Waals surface area contributed by atoms with E-state index in [1.165, 1.54) is 5.69 Å². The van der Waals surface area contributed by atoms with Crippen molar-refractivity contribution in [1.29, 1.82) is 5.26 Å². The number of aromatic amines is 1. The zero-order chi connectivity index (χ0) is 8.65. The standard InChI is InChI=1S/C9H13N3/c10-6-4-2-1-3-5-9-7-11-8-12-9/h7-8H,1-5H2,(H,11,12). The number of aryl methyl sites for hydroxylation is 1. The van der Waals surface area contributed by atoms with E-state index in [0.717, 1.165) is 25.7 Å². The van der Waals surface area contributed by atoms with Gasteiger partial charge < -0.3 is 4.98 Å². The Morgan fingerprint density at radius 3 is 3.00 bits per heavy atom. The van der Waals surface area contributed by atoms with Crippen molar-refractivity contribution in [2.75, 3.05) is 0 Å². The number of nitriles is 1. The van der Waals surface area contributed by atoms with E-state index < -0.39 is 0 Å². The van der Waals surface area contributed by atoms with E-state index in [0.29, 0.717) is 6.42 Å². The van der Waals surface area contributed by atoms with Crippen LogP contribution >= 0.6 is 0 Å². The van der Waals surface area contributed by atoms with E-state index in [-0.39, 0.29) is 0 Å². The summed E-state index contributed by atoms with van der Waals surface area (Å²) in [6.45, 7) is 0. The van der Waals surface area contributed by atoms with Crippen LogP contribution in [-0.2, 0) is 6.42 Å². The largest absolute Gasteiger partial charge is 0.348 e. The molecule has 1 rings (SSSR count). The molecule has 0 fully saturated rings. The molecule has 0 atom stereocenters. The SMILES string of the molecule is N#CCCCCCc1cnc[nH]1. The summed E-state index contributed by atoms with van der Waals surface area (Å²) >= 11 is 0. The van der Waals surface area contributed by atoms with Crippen molar-refractivity contribution < 1.29 is 0 Å². The molecule has 0 radical (unpaired) electrons. The minimum Gasteiger partial charge on any atom is -0.348 e. The molecule has 1 N–H and O–H groups in total. The predicted molar refractivity (Wildman–Crippen MR) is 46.4 cm³/mol. The molecule has 0 aliphatic carbocycles. The van der Waals surface area contributed by atoms with Gasteiger partial charge in [0.05, 0.1) is 12.4 Å². The molecular weight excluding hydrogens is 150 g/mol. The quantitative estimate of drug-likeness (QED) is 0.675. The van der Waals surface area contributed by atoms with Crippen LogP contribution in [0.25, 0.3) is 0 Å². The Labute approximate surface area is 72.4 Å². The van der Waals surface area contributed by atoms with Crippen LogP contribution in [-0.4, -0.2) is 9.97 Å². The monoisotopic (exact) mass is 163 g/mol. The first-order chi connectivity index (χ1) is 5.93. The molecule has 0 saturated carbocycles. The van der Waals surface area contributed by atoms with Crippen molar-refractivity contribution in [2.24, 2.45) is 0 Å². The first kappa shape index (κ1) is 8.79. The number of nitrogens with one attached hydrogen (secondary N) is 1. The lowest BCUT2D eigenvalue weighted by molar-refractivity contribution is 0.684. The number of hydrogen-bond donors (Lipinski definition) is 1. The van der Waals surface area contributed by atoms with E-state index in [4.69, 9.17) is 5.26 Å². The van der Waals surface area contributed by atoms with Crippen LogP contribution in [0.5, 0.6) is 0 Å². The first-order valence-electron chi connectivity index (χ1n) is 4.27. The van der Waals surface area contributed by atoms with Gasteiger partial charge in [-0.15, -0.1) is 0 Å². The van der Waals surface area contributed by atoms with Crippen molar-refractivity contribution in [2.45, 2.75) is 32.1 Å². The average molecular weight is 163 g/mol. The summed E-state index contributed by atoms with van der Waals surface area (Å²) in [6, 6.07) is 2.14. The van der Waals surface area contributed by atoms with Crippen molar-refractivity contribution in [3.63, 3.8) is 0 Å². The summed E-state index contributed by atoms with van der Waals surface area (Å²) in [7, 11) is 0.